The number of para-hydroxylation sites is 1. The topological polar surface area (TPSA) is 33.4 Å². The fraction of sp³-hybridized carbons (Fsp3) is 0.500. The molecule has 0 radical (unpaired) electrons. The van der Waals surface area contributed by atoms with E-state index >= 15 is 0 Å². The van der Waals surface area contributed by atoms with Crippen LogP contribution < -0.4 is 0 Å². The molecule has 0 spiro atoms. The van der Waals surface area contributed by atoms with E-state index in [0.29, 0.717) is 23.5 Å². The molecule has 1 saturated carbocycles. The van der Waals surface area contributed by atoms with Gasteiger partial charge >= 0.3 is 0 Å². The lowest BCUT2D eigenvalue weighted by Gasteiger charge is -2.39. The van der Waals surface area contributed by atoms with E-state index in [4.69, 9.17) is 4.42 Å². The zero-order valence-corrected chi connectivity index (χ0v) is 11.3. The van der Waals surface area contributed by atoms with Crippen LogP contribution in [0.25, 0.3) is 11.0 Å². The highest BCUT2D eigenvalue weighted by Gasteiger charge is 2.43. The fourth-order valence-corrected chi connectivity index (χ4v) is 3.19. The molecule has 1 aromatic carbocycles. The lowest BCUT2D eigenvalue weighted by Crippen LogP contribution is -2.38. The van der Waals surface area contributed by atoms with Crippen molar-refractivity contribution in [1.29, 1.82) is 0 Å². The van der Waals surface area contributed by atoms with Crippen LogP contribution in [0.15, 0.2) is 28.7 Å². The largest absolute Gasteiger partial charge is 0.455 e. The summed E-state index contributed by atoms with van der Waals surface area (Å²) in [6.45, 7) is 4.18. The van der Waals surface area contributed by atoms with Gasteiger partial charge in [-0.15, -0.1) is 0 Å². The van der Waals surface area contributed by atoms with Crippen LogP contribution in [0.2, 0.25) is 0 Å². The molecule has 3 unspecified atom stereocenters. The summed E-state index contributed by atoms with van der Waals surface area (Å²) in [7, 11) is 0. The molecule has 3 heteroatoms. The minimum atomic E-state index is -0.969. The van der Waals surface area contributed by atoms with Gasteiger partial charge in [-0.1, -0.05) is 32.4 Å². The Morgan fingerprint density at radius 3 is 2.84 bits per heavy atom. The monoisotopic (exact) mass is 262 g/mol. The molecule has 3 atom stereocenters. The van der Waals surface area contributed by atoms with Crippen LogP contribution in [0.5, 0.6) is 0 Å². The summed E-state index contributed by atoms with van der Waals surface area (Å²) in [5.41, 5.74) is -0.722. The molecule has 102 valence electrons. The summed E-state index contributed by atoms with van der Waals surface area (Å²) in [6, 6.07) is 6.64. The number of rotatable bonds is 1. The van der Waals surface area contributed by atoms with E-state index in [1.54, 1.807) is 12.1 Å². The Balaban J connectivity index is 2.09. The van der Waals surface area contributed by atoms with Gasteiger partial charge in [0.2, 0.25) is 0 Å². The molecule has 0 aliphatic heterocycles. The Kier molecular flexibility index (Phi) is 2.90. The Hall–Kier alpha value is -1.35. The van der Waals surface area contributed by atoms with Crippen LogP contribution in [0.4, 0.5) is 4.39 Å². The third-order valence-electron chi connectivity index (χ3n) is 4.49. The van der Waals surface area contributed by atoms with E-state index in [1.807, 2.05) is 13.0 Å². The first-order valence-electron chi connectivity index (χ1n) is 6.91. The van der Waals surface area contributed by atoms with Crippen LogP contribution in [0.1, 0.15) is 38.9 Å². The Labute approximate surface area is 112 Å². The molecule has 0 amide bonds. The van der Waals surface area contributed by atoms with Crippen molar-refractivity contribution >= 4 is 11.0 Å². The summed E-state index contributed by atoms with van der Waals surface area (Å²) in [6.07, 6.45) is 2.77. The predicted octanol–water partition coefficient (Wildman–Crippen LogP) is 4.22. The Morgan fingerprint density at radius 1 is 1.32 bits per heavy atom. The van der Waals surface area contributed by atoms with Gasteiger partial charge in [-0.25, -0.2) is 4.39 Å². The van der Waals surface area contributed by atoms with Crippen molar-refractivity contribution < 1.29 is 13.9 Å². The highest BCUT2D eigenvalue weighted by Crippen LogP contribution is 2.45. The number of benzene rings is 1. The van der Waals surface area contributed by atoms with Crippen molar-refractivity contribution in [3.05, 3.63) is 35.8 Å². The van der Waals surface area contributed by atoms with Crippen molar-refractivity contribution in [2.75, 3.05) is 0 Å². The highest BCUT2D eigenvalue weighted by atomic mass is 19.1. The fourth-order valence-electron chi connectivity index (χ4n) is 3.19. The highest BCUT2D eigenvalue weighted by molar-refractivity contribution is 5.78. The first kappa shape index (κ1) is 12.7. The lowest BCUT2D eigenvalue weighted by molar-refractivity contribution is -0.0774. The van der Waals surface area contributed by atoms with E-state index in [1.165, 1.54) is 6.07 Å². The van der Waals surface area contributed by atoms with Gasteiger partial charge in [-0.05, 0) is 36.8 Å². The van der Waals surface area contributed by atoms with Crippen LogP contribution >= 0.6 is 0 Å². The Bertz CT molecular complexity index is 604. The van der Waals surface area contributed by atoms with Crippen molar-refractivity contribution in [2.24, 2.45) is 11.8 Å². The smallest absolute Gasteiger partial charge is 0.170 e. The number of hydrogen-bond acceptors (Lipinski definition) is 2. The minimum Gasteiger partial charge on any atom is -0.455 e. The summed E-state index contributed by atoms with van der Waals surface area (Å²) >= 11 is 0. The number of furan rings is 1. The summed E-state index contributed by atoms with van der Waals surface area (Å²) in [5.74, 6) is 0.724. The third-order valence-corrected chi connectivity index (χ3v) is 4.49. The normalized spacial score (nSPS) is 31.8. The minimum absolute atomic E-state index is 0.132. The molecule has 2 aromatic rings. The van der Waals surface area contributed by atoms with Gasteiger partial charge in [-0.3, -0.25) is 0 Å². The van der Waals surface area contributed by atoms with Crippen LogP contribution in [-0.4, -0.2) is 5.11 Å². The third kappa shape index (κ3) is 1.96. The van der Waals surface area contributed by atoms with E-state index in [2.05, 4.69) is 6.92 Å². The maximum absolute atomic E-state index is 13.7. The molecule has 1 aromatic heterocycles. The second-order valence-electron chi connectivity index (χ2n) is 5.98. The van der Waals surface area contributed by atoms with E-state index < -0.39 is 5.60 Å². The quantitative estimate of drug-likeness (QED) is 0.835. The lowest BCUT2D eigenvalue weighted by atomic mass is 9.71. The molecule has 0 bridgehead atoms. The van der Waals surface area contributed by atoms with Crippen LogP contribution in [0.3, 0.4) is 0 Å². The molecular formula is C16H19FO2. The molecule has 3 rings (SSSR count). The molecule has 19 heavy (non-hydrogen) atoms. The summed E-state index contributed by atoms with van der Waals surface area (Å²) < 4.78 is 19.3. The molecule has 1 N–H and O–H groups in total. The van der Waals surface area contributed by atoms with Gasteiger partial charge < -0.3 is 9.52 Å². The maximum Gasteiger partial charge on any atom is 0.170 e. The van der Waals surface area contributed by atoms with Gasteiger partial charge in [-0.2, -0.15) is 0 Å². The van der Waals surface area contributed by atoms with E-state index in [-0.39, 0.29) is 17.3 Å². The van der Waals surface area contributed by atoms with Gasteiger partial charge in [0.1, 0.15) is 11.4 Å². The standard InChI is InChI=1S/C16H19FO2/c1-10-6-7-11(2)16(18,9-10)14-8-12-4-3-5-13(17)15(12)19-14/h3-5,8,10-11,18H,6-7,9H2,1-2H3. The van der Waals surface area contributed by atoms with E-state index in [9.17, 15) is 9.50 Å². The van der Waals surface area contributed by atoms with Crippen molar-refractivity contribution in [3.8, 4) is 0 Å². The SMILES string of the molecule is CC1CCC(C)C(O)(c2cc3cccc(F)c3o2)C1. The molecular weight excluding hydrogens is 243 g/mol. The average molecular weight is 262 g/mol. The number of halogens is 1. The zero-order valence-electron chi connectivity index (χ0n) is 11.3. The van der Waals surface area contributed by atoms with Crippen molar-refractivity contribution in [3.63, 3.8) is 0 Å². The van der Waals surface area contributed by atoms with Crippen molar-refractivity contribution in [2.45, 2.75) is 38.7 Å². The summed E-state index contributed by atoms with van der Waals surface area (Å²) in [5, 5.41) is 11.7. The average Bonchev–Trinajstić information content (AvgIpc) is 2.80. The van der Waals surface area contributed by atoms with Gasteiger partial charge in [0.05, 0.1) is 0 Å². The molecule has 2 nitrogen and oxygen atoms in total. The first-order valence-corrected chi connectivity index (χ1v) is 6.91. The Morgan fingerprint density at radius 2 is 2.11 bits per heavy atom. The molecule has 1 fully saturated rings. The molecule has 1 aliphatic carbocycles. The van der Waals surface area contributed by atoms with Gasteiger partial charge in [0.15, 0.2) is 11.4 Å². The maximum atomic E-state index is 13.7. The number of fused-ring (bicyclic) bond motifs is 1. The second-order valence-corrected chi connectivity index (χ2v) is 5.98. The van der Waals surface area contributed by atoms with Gasteiger partial charge in [0, 0.05) is 5.39 Å². The first-order chi connectivity index (χ1) is 9.00. The van der Waals surface area contributed by atoms with Crippen molar-refractivity contribution in [1.82, 2.24) is 0 Å². The second kappa shape index (κ2) is 4.34. The zero-order chi connectivity index (χ0) is 13.6. The van der Waals surface area contributed by atoms with Gasteiger partial charge in [0.25, 0.3) is 0 Å². The number of hydrogen-bond donors (Lipinski definition) is 1. The predicted molar refractivity (Wildman–Crippen MR) is 72.2 cm³/mol. The summed E-state index contributed by atoms with van der Waals surface area (Å²) in [4.78, 5) is 0. The van der Waals surface area contributed by atoms with Crippen LogP contribution in [0, 0.1) is 17.7 Å². The van der Waals surface area contributed by atoms with Crippen LogP contribution in [-0.2, 0) is 5.60 Å². The van der Waals surface area contributed by atoms with E-state index in [0.717, 1.165) is 12.8 Å². The number of aliphatic hydroxyl groups is 1. The molecule has 1 heterocycles. The molecule has 1 aliphatic rings. The molecule has 0 saturated heterocycles.